The number of aromatic carboxylic acids is 1. The molecule has 0 amide bonds. The molecule has 0 fully saturated rings. The Labute approximate surface area is 84.6 Å². The smallest absolute Gasteiger partial charge is 0.354 e. The van der Waals surface area contributed by atoms with Gasteiger partial charge in [0.25, 0.3) is 0 Å². The zero-order chi connectivity index (χ0) is 10.1. The molecule has 0 radical (unpaired) electrons. The summed E-state index contributed by atoms with van der Waals surface area (Å²) in [5.41, 5.74) is 0.849. The molecule has 0 spiro atoms. The largest absolute Gasteiger partial charge is 0.477 e. The maximum Gasteiger partial charge on any atom is 0.354 e. The standard InChI is InChI=1S/C9H8N2O2S/c1-14-6-2-3-11-7(9(12)13)5-10-8(11)4-6/h2-5H,1H3,(H,12,13). The van der Waals surface area contributed by atoms with Crippen LogP contribution in [0.15, 0.2) is 29.4 Å². The lowest BCUT2D eigenvalue weighted by atomic mass is 10.4. The van der Waals surface area contributed by atoms with Crippen LogP contribution in [0.2, 0.25) is 0 Å². The molecule has 0 aliphatic heterocycles. The Balaban J connectivity index is 2.65. The van der Waals surface area contributed by atoms with Crippen molar-refractivity contribution in [2.24, 2.45) is 0 Å². The average molecular weight is 208 g/mol. The van der Waals surface area contributed by atoms with Gasteiger partial charge in [-0.25, -0.2) is 9.78 Å². The van der Waals surface area contributed by atoms with Crippen molar-refractivity contribution in [1.82, 2.24) is 9.38 Å². The summed E-state index contributed by atoms with van der Waals surface area (Å²) in [6.45, 7) is 0. The Bertz CT molecular complexity index is 493. The number of carboxylic acid groups (broad SMARTS) is 1. The molecule has 5 heteroatoms. The van der Waals surface area contributed by atoms with Crippen LogP contribution in [-0.2, 0) is 0 Å². The summed E-state index contributed by atoms with van der Waals surface area (Å²) in [5, 5.41) is 8.83. The first kappa shape index (κ1) is 9.08. The summed E-state index contributed by atoms with van der Waals surface area (Å²) in [6.07, 6.45) is 5.05. The van der Waals surface area contributed by atoms with Gasteiger partial charge in [0.05, 0.1) is 6.20 Å². The first-order valence-electron chi connectivity index (χ1n) is 3.97. The van der Waals surface area contributed by atoms with Crippen LogP contribution in [0, 0.1) is 0 Å². The van der Waals surface area contributed by atoms with E-state index in [2.05, 4.69) is 4.98 Å². The zero-order valence-corrected chi connectivity index (χ0v) is 8.28. The number of hydrogen-bond donors (Lipinski definition) is 1. The summed E-state index contributed by atoms with van der Waals surface area (Å²) in [4.78, 5) is 15.9. The first-order chi connectivity index (χ1) is 6.72. The highest BCUT2D eigenvalue weighted by Gasteiger charge is 2.09. The fourth-order valence-electron chi connectivity index (χ4n) is 1.25. The molecule has 0 saturated heterocycles. The van der Waals surface area contributed by atoms with Gasteiger partial charge in [-0.3, -0.25) is 4.40 Å². The van der Waals surface area contributed by atoms with Gasteiger partial charge in [0.1, 0.15) is 5.65 Å². The highest BCUT2D eigenvalue weighted by molar-refractivity contribution is 7.98. The van der Waals surface area contributed by atoms with Crippen LogP contribution in [0.5, 0.6) is 0 Å². The maximum absolute atomic E-state index is 10.8. The summed E-state index contributed by atoms with van der Waals surface area (Å²) in [5.74, 6) is -0.964. The van der Waals surface area contributed by atoms with E-state index < -0.39 is 5.97 Å². The molecule has 0 unspecified atom stereocenters. The van der Waals surface area contributed by atoms with E-state index in [1.807, 2.05) is 18.4 Å². The van der Waals surface area contributed by atoms with Crippen LogP contribution in [-0.4, -0.2) is 26.7 Å². The molecule has 0 aliphatic carbocycles. The number of rotatable bonds is 2. The number of aromatic nitrogens is 2. The molecule has 0 bridgehead atoms. The molecule has 2 rings (SSSR count). The monoisotopic (exact) mass is 208 g/mol. The predicted octanol–water partition coefficient (Wildman–Crippen LogP) is 1.75. The minimum absolute atomic E-state index is 0.188. The number of thioether (sulfide) groups is 1. The van der Waals surface area contributed by atoms with Gasteiger partial charge >= 0.3 is 5.97 Å². The minimum atomic E-state index is -0.964. The van der Waals surface area contributed by atoms with Gasteiger partial charge in [-0.05, 0) is 18.4 Å². The van der Waals surface area contributed by atoms with Gasteiger partial charge in [0.2, 0.25) is 0 Å². The molecule has 4 nitrogen and oxygen atoms in total. The second kappa shape index (κ2) is 3.34. The summed E-state index contributed by atoms with van der Waals surface area (Å²) in [6, 6.07) is 3.73. The Hall–Kier alpha value is -1.49. The molecular formula is C9H8N2O2S. The lowest BCUT2D eigenvalue weighted by Crippen LogP contribution is -2.00. The SMILES string of the molecule is CSc1ccn2c(C(=O)O)cnc2c1. The molecule has 0 aromatic carbocycles. The third kappa shape index (κ3) is 1.35. The van der Waals surface area contributed by atoms with Gasteiger partial charge in [0, 0.05) is 11.1 Å². The van der Waals surface area contributed by atoms with Crippen molar-refractivity contribution in [3.8, 4) is 0 Å². The number of fused-ring (bicyclic) bond motifs is 1. The van der Waals surface area contributed by atoms with Crippen molar-refractivity contribution in [2.45, 2.75) is 4.90 Å². The quantitative estimate of drug-likeness (QED) is 0.764. The second-order valence-corrected chi connectivity index (χ2v) is 3.62. The van der Waals surface area contributed by atoms with Crippen molar-refractivity contribution in [3.63, 3.8) is 0 Å². The Kier molecular flexibility index (Phi) is 2.17. The fraction of sp³-hybridized carbons (Fsp3) is 0.111. The van der Waals surface area contributed by atoms with E-state index in [0.717, 1.165) is 4.90 Å². The summed E-state index contributed by atoms with van der Waals surface area (Å²) >= 11 is 1.60. The third-order valence-electron chi connectivity index (χ3n) is 1.94. The van der Waals surface area contributed by atoms with Crippen LogP contribution in [0.3, 0.4) is 0 Å². The van der Waals surface area contributed by atoms with E-state index in [9.17, 15) is 4.79 Å². The predicted molar refractivity (Wildman–Crippen MR) is 53.9 cm³/mol. The lowest BCUT2D eigenvalue weighted by molar-refractivity contribution is 0.0689. The highest BCUT2D eigenvalue weighted by atomic mass is 32.2. The van der Waals surface area contributed by atoms with Gasteiger partial charge in [-0.1, -0.05) is 0 Å². The molecule has 0 aliphatic rings. The second-order valence-electron chi connectivity index (χ2n) is 2.74. The molecule has 1 N–H and O–H groups in total. The van der Waals surface area contributed by atoms with Crippen LogP contribution >= 0.6 is 11.8 Å². The molecule has 2 aromatic heterocycles. The van der Waals surface area contributed by atoms with Crippen molar-refractivity contribution >= 4 is 23.4 Å². The maximum atomic E-state index is 10.8. The Morgan fingerprint density at radius 1 is 1.64 bits per heavy atom. The van der Waals surface area contributed by atoms with Crippen molar-refractivity contribution in [3.05, 3.63) is 30.2 Å². The van der Waals surface area contributed by atoms with Crippen LogP contribution in [0.4, 0.5) is 0 Å². The van der Waals surface area contributed by atoms with E-state index in [0.29, 0.717) is 5.65 Å². The number of pyridine rings is 1. The summed E-state index contributed by atoms with van der Waals surface area (Å²) < 4.78 is 1.56. The van der Waals surface area contributed by atoms with E-state index in [4.69, 9.17) is 5.11 Å². The topological polar surface area (TPSA) is 54.6 Å². The molecule has 0 saturated carbocycles. The summed E-state index contributed by atoms with van der Waals surface area (Å²) in [7, 11) is 0. The number of carbonyl (C=O) groups is 1. The third-order valence-corrected chi connectivity index (χ3v) is 2.66. The zero-order valence-electron chi connectivity index (χ0n) is 7.47. The van der Waals surface area contributed by atoms with E-state index in [1.54, 1.807) is 22.4 Å². The Morgan fingerprint density at radius 3 is 3.07 bits per heavy atom. The van der Waals surface area contributed by atoms with Gasteiger partial charge in [0.15, 0.2) is 5.69 Å². The van der Waals surface area contributed by atoms with Crippen LogP contribution in [0.1, 0.15) is 10.5 Å². The molecule has 0 atom stereocenters. The number of carboxylic acids is 1. The lowest BCUT2D eigenvalue weighted by Gasteiger charge is -1.98. The van der Waals surface area contributed by atoms with Crippen LogP contribution in [0.25, 0.3) is 5.65 Å². The molecule has 2 aromatic rings. The Morgan fingerprint density at radius 2 is 2.43 bits per heavy atom. The van der Waals surface area contributed by atoms with Gasteiger partial charge in [-0.2, -0.15) is 0 Å². The van der Waals surface area contributed by atoms with Crippen LogP contribution < -0.4 is 0 Å². The fourth-order valence-corrected chi connectivity index (χ4v) is 1.67. The average Bonchev–Trinajstić information content (AvgIpc) is 2.59. The first-order valence-corrected chi connectivity index (χ1v) is 5.19. The number of hydrogen-bond acceptors (Lipinski definition) is 3. The van der Waals surface area contributed by atoms with Crippen molar-refractivity contribution in [1.29, 1.82) is 0 Å². The van der Waals surface area contributed by atoms with Crippen molar-refractivity contribution in [2.75, 3.05) is 6.26 Å². The molecule has 14 heavy (non-hydrogen) atoms. The number of nitrogens with zero attached hydrogens (tertiary/aromatic N) is 2. The molecule has 72 valence electrons. The minimum Gasteiger partial charge on any atom is -0.477 e. The molecular weight excluding hydrogens is 200 g/mol. The van der Waals surface area contributed by atoms with E-state index >= 15 is 0 Å². The van der Waals surface area contributed by atoms with E-state index in [1.165, 1.54) is 6.20 Å². The normalized spacial score (nSPS) is 10.6. The van der Waals surface area contributed by atoms with Gasteiger partial charge in [-0.15, -0.1) is 11.8 Å². The van der Waals surface area contributed by atoms with E-state index in [-0.39, 0.29) is 5.69 Å². The van der Waals surface area contributed by atoms with Crippen molar-refractivity contribution < 1.29 is 9.90 Å². The highest BCUT2D eigenvalue weighted by Crippen LogP contribution is 2.17. The molecule has 2 heterocycles. The number of imidazole rings is 1. The van der Waals surface area contributed by atoms with Gasteiger partial charge < -0.3 is 5.11 Å².